The number of aromatic nitrogens is 7. The van der Waals surface area contributed by atoms with E-state index in [2.05, 4.69) is 24.9 Å². The zero-order chi connectivity index (χ0) is 32.5. The Bertz CT molecular complexity index is 2040. The molecule has 3 aliphatic heterocycles. The summed E-state index contributed by atoms with van der Waals surface area (Å²) in [6.45, 7) is -1.74. The summed E-state index contributed by atoms with van der Waals surface area (Å²) in [5, 5.41) is 22.2. The monoisotopic (exact) mass is 686 g/mol. The molecule has 0 radical (unpaired) electrons. The first-order chi connectivity index (χ1) is 21.8. The van der Waals surface area contributed by atoms with Crippen LogP contribution < -0.4 is 16.9 Å². The van der Waals surface area contributed by atoms with Crippen molar-refractivity contribution in [2.75, 3.05) is 18.9 Å². The van der Waals surface area contributed by atoms with Crippen molar-refractivity contribution >= 4 is 43.7 Å². The van der Waals surface area contributed by atoms with Gasteiger partial charge in [0.05, 0.1) is 36.6 Å². The first-order valence-corrected chi connectivity index (χ1v) is 16.3. The number of aliphatic hydroxyl groups excluding tert-OH is 2. The second-order valence-corrected chi connectivity index (χ2v) is 13.2. The Hall–Kier alpha value is -3.50. The van der Waals surface area contributed by atoms with Gasteiger partial charge in [0.15, 0.2) is 23.6 Å². The quantitative estimate of drug-likeness (QED) is 0.125. The normalized spacial score (nSPS) is 37.0. The number of fused-ring (bicyclic) bond motifs is 5. The van der Waals surface area contributed by atoms with E-state index in [-0.39, 0.29) is 28.0 Å². The average Bonchev–Trinajstić information content (AvgIpc) is 3.65. The van der Waals surface area contributed by atoms with Gasteiger partial charge in [0.2, 0.25) is 5.95 Å². The number of ether oxygens (including phenoxy) is 2. The van der Waals surface area contributed by atoms with Crippen LogP contribution in [0.5, 0.6) is 0 Å². The highest BCUT2D eigenvalue weighted by Gasteiger charge is 2.54. The number of aromatic amines is 1. The number of pyridine rings is 1. The van der Waals surface area contributed by atoms with E-state index in [1.165, 1.54) is 18.5 Å². The van der Waals surface area contributed by atoms with Gasteiger partial charge in [-0.2, -0.15) is 4.98 Å². The van der Waals surface area contributed by atoms with E-state index in [1.54, 1.807) is 0 Å². The summed E-state index contributed by atoms with van der Waals surface area (Å²) in [5.41, 5.74) is 4.20. The van der Waals surface area contributed by atoms with Crippen LogP contribution in [0.15, 0.2) is 40.7 Å². The summed E-state index contributed by atoms with van der Waals surface area (Å²) < 4.78 is 60.5. The fraction of sp³-hybridized carbons (Fsp3) is 0.455. The van der Waals surface area contributed by atoms with E-state index < -0.39 is 89.1 Å². The summed E-state index contributed by atoms with van der Waals surface area (Å²) >= 11 is 0. The standard InChI is InChI=1S/C22H24N8O14P2/c23-22-27-17-12(18(33)28-22)26-7-29(17)21-16-13(31)10(41-21)4-39-45(35,36)43-15-11(5-40-46(37,38)44-16)42-20(14(15)32)30-6-25-9-3-24-2-1-8(9)19(30)34/h1-3,6-7,10-11,13-16,20-21,31-32H,4-5H2,(H,35,36)(H,37,38)(H3,23,27,28,33)/t10-,11-,13-,14-,15-,16-,20-,21-/m1/s1. The van der Waals surface area contributed by atoms with Gasteiger partial charge in [0.25, 0.3) is 11.1 Å². The minimum absolute atomic E-state index is 0.119. The van der Waals surface area contributed by atoms with E-state index in [9.17, 15) is 38.7 Å². The molecule has 3 fully saturated rings. The van der Waals surface area contributed by atoms with Crippen LogP contribution in [0, 0.1) is 0 Å². The Morgan fingerprint density at radius 2 is 1.59 bits per heavy atom. The third kappa shape index (κ3) is 5.47. The smallest absolute Gasteiger partial charge is 0.387 e. The van der Waals surface area contributed by atoms with Gasteiger partial charge in [-0.3, -0.25) is 46.8 Å². The van der Waals surface area contributed by atoms with E-state index in [0.29, 0.717) is 0 Å². The predicted molar refractivity (Wildman–Crippen MR) is 147 cm³/mol. The lowest BCUT2D eigenvalue weighted by atomic mass is 10.1. The lowest BCUT2D eigenvalue weighted by Crippen LogP contribution is -2.37. The van der Waals surface area contributed by atoms with E-state index in [1.807, 2.05) is 0 Å². The molecule has 4 aromatic heterocycles. The maximum Gasteiger partial charge on any atom is 0.472 e. The van der Waals surface area contributed by atoms with Crippen molar-refractivity contribution < 1.29 is 56.7 Å². The molecular formula is C22H24N8O14P2. The zero-order valence-electron chi connectivity index (χ0n) is 22.9. The van der Waals surface area contributed by atoms with Crippen LogP contribution in [0.1, 0.15) is 12.5 Å². The van der Waals surface area contributed by atoms with E-state index in [0.717, 1.165) is 21.8 Å². The first kappa shape index (κ1) is 31.1. The van der Waals surface area contributed by atoms with Crippen LogP contribution in [0.4, 0.5) is 5.95 Å². The number of hydrogen-bond acceptors (Lipinski definition) is 17. The molecule has 0 amide bonds. The number of H-pyrrole nitrogens is 1. The van der Waals surface area contributed by atoms with Gasteiger partial charge >= 0.3 is 15.6 Å². The Morgan fingerprint density at radius 3 is 2.35 bits per heavy atom. The molecule has 7 N–H and O–H groups in total. The van der Waals surface area contributed by atoms with Gasteiger partial charge in [-0.25, -0.2) is 19.1 Å². The number of phosphoric acid groups is 2. The van der Waals surface area contributed by atoms with Crippen LogP contribution in [0.2, 0.25) is 0 Å². The minimum Gasteiger partial charge on any atom is -0.387 e. The Morgan fingerprint density at radius 1 is 0.913 bits per heavy atom. The first-order valence-electron chi connectivity index (χ1n) is 13.3. The number of imidazole rings is 1. The van der Waals surface area contributed by atoms with Gasteiger partial charge < -0.3 is 35.2 Å². The predicted octanol–water partition coefficient (Wildman–Crippen LogP) is -1.96. The molecular weight excluding hydrogens is 662 g/mol. The summed E-state index contributed by atoms with van der Waals surface area (Å²) in [6, 6.07) is 1.39. The molecule has 22 nitrogen and oxygen atoms in total. The van der Waals surface area contributed by atoms with Crippen LogP contribution in [-0.4, -0.2) is 104 Å². The van der Waals surface area contributed by atoms with Crippen molar-refractivity contribution in [3.05, 3.63) is 51.8 Å². The van der Waals surface area contributed by atoms with Gasteiger partial charge in [-0.15, -0.1) is 0 Å². The summed E-state index contributed by atoms with van der Waals surface area (Å²) in [6.07, 6.45) is -8.42. The van der Waals surface area contributed by atoms with Gasteiger partial charge in [-0.05, 0) is 6.07 Å². The number of hydrogen-bond donors (Lipinski definition) is 6. The lowest BCUT2D eigenvalue weighted by Gasteiger charge is -2.25. The largest absolute Gasteiger partial charge is 0.472 e. The maximum absolute atomic E-state index is 13.2. The fourth-order valence-electron chi connectivity index (χ4n) is 5.41. The second-order valence-electron chi connectivity index (χ2n) is 10.4. The number of aliphatic hydroxyl groups is 2. The van der Waals surface area contributed by atoms with Crippen LogP contribution in [-0.2, 0) is 36.7 Å². The van der Waals surface area contributed by atoms with E-state index >= 15 is 0 Å². The highest BCUT2D eigenvalue weighted by molar-refractivity contribution is 7.47. The number of nitrogens with two attached hydrogens (primary N) is 1. The average molecular weight is 686 g/mol. The Labute approximate surface area is 254 Å². The highest BCUT2D eigenvalue weighted by Crippen LogP contribution is 2.53. The number of phosphoric ester groups is 2. The van der Waals surface area contributed by atoms with Gasteiger partial charge in [-0.1, -0.05) is 0 Å². The van der Waals surface area contributed by atoms with Crippen LogP contribution >= 0.6 is 15.6 Å². The number of rotatable bonds is 2. The van der Waals surface area contributed by atoms with E-state index in [4.69, 9.17) is 33.3 Å². The molecule has 3 aliphatic rings. The molecule has 0 aliphatic carbocycles. The second kappa shape index (κ2) is 11.3. The maximum atomic E-state index is 13.2. The van der Waals surface area contributed by atoms with Crippen molar-refractivity contribution in [1.82, 2.24) is 34.1 Å². The molecule has 0 spiro atoms. The molecule has 7 rings (SSSR count). The summed E-state index contributed by atoms with van der Waals surface area (Å²) in [7, 11) is -10.3. The molecule has 46 heavy (non-hydrogen) atoms. The fourth-order valence-corrected chi connectivity index (χ4v) is 7.30. The van der Waals surface area contributed by atoms with Crippen molar-refractivity contribution in [2.45, 2.75) is 49.1 Å². The molecule has 2 unspecified atom stereocenters. The topological polar surface area (TPSA) is 308 Å². The van der Waals surface area contributed by atoms with Crippen molar-refractivity contribution in [2.24, 2.45) is 0 Å². The Kier molecular flexibility index (Phi) is 7.67. The van der Waals surface area contributed by atoms with Crippen LogP contribution in [0.25, 0.3) is 22.1 Å². The van der Waals surface area contributed by atoms with Crippen LogP contribution in [0.3, 0.4) is 0 Å². The zero-order valence-corrected chi connectivity index (χ0v) is 24.7. The number of nitrogens with one attached hydrogen (secondary N) is 1. The summed E-state index contributed by atoms with van der Waals surface area (Å²) in [5.74, 6) is -0.294. The highest BCUT2D eigenvalue weighted by atomic mass is 31.2. The molecule has 3 saturated heterocycles. The molecule has 7 heterocycles. The third-order valence-corrected chi connectivity index (χ3v) is 9.49. The van der Waals surface area contributed by atoms with Crippen molar-refractivity contribution in [3.8, 4) is 0 Å². The lowest BCUT2D eigenvalue weighted by molar-refractivity contribution is -0.0681. The van der Waals surface area contributed by atoms with Crippen molar-refractivity contribution in [1.29, 1.82) is 0 Å². The SMILES string of the molecule is Nc1nc2c(ncn2[C@@H]2O[C@@H]3COP(=O)(O)O[C@H]4[C@@H](O)[C@H](n5cnc6cnccc6c5=O)O[C@@H]4COP(=O)(O)O[C@@H]2[C@@H]3O)c(=O)[nH]1. The third-order valence-electron chi connectivity index (χ3n) is 7.52. The molecule has 10 atom stereocenters. The number of nitrogen functional groups attached to an aromatic ring is 1. The molecule has 246 valence electrons. The van der Waals surface area contributed by atoms with Gasteiger partial charge in [0, 0.05) is 6.20 Å². The molecule has 0 saturated carbocycles. The number of anilines is 1. The van der Waals surface area contributed by atoms with Gasteiger partial charge in [0.1, 0.15) is 43.0 Å². The molecule has 4 aromatic rings. The molecule has 0 aromatic carbocycles. The number of nitrogens with zero attached hydrogens (tertiary/aromatic N) is 6. The Balaban J connectivity index is 1.21. The van der Waals surface area contributed by atoms with Crippen molar-refractivity contribution in [3.63, 3.8) is 0 Å². The molecule has 24 heteroatoms. The molecule has 2 bridgehead atoms. The minimum atomic E-state index is -5.15. The summed E-state index contributed by atoms with van der Waals surface area (Å²) in [4.78, 5) is 64.9.